The minimum Gasteiger partial charge on any atom is -0.493 e. The Hall–Kier alpha value is -2.75. The summed E-state index contributed by atoms with van der Waals surface area (Å²) in [5.74, 6) is 2.38. The van der Waals surface area contributed by atoms with Gasteiger partial charge in [-0.1, -0.05) is 18.2 Å². The van der Waals surface area contributed by atoms with E-state index in [0.717, 1.165) is 48.2 Å². The number of methoxy groups -OCH3 is 2. The number of guanidine groups is 1. The molecule has 0 atom stereocenters. The Morgan fingerprint density at radius 3 is 2.41 bits per heavy atom. The first-order valence-corrected chi connectivity index (χ1v) is 10.4. The molecule has 1 N–H and O–H groups in total. The van der Waals surface area contributed by atoms with Crippen molar-refractivity contribution in [3.05, 3.63) is 72.1 Å². The number of benzene rings is 2. The van der Waals surface area contributed by atoms with Gasteiger partial charge in [-0.3, -0.25) is 0 Å². The fourth-order valence-corrected chi connectivity index (χ4v) is 3.25. The van der Waals surface area contributed by atoms with Crippen LogP contribution in [-0.4, -0.2) is 55.0 Å². The Labute approximate surface area is 207 Å². The van der Waals surface area contributed by atoms with Gasteiger partial charge in [0.25, 0.3) is 0 Å². The van der Waals surface area contributed by atoms with Crippen LogP contribution >= 0.6 is 24.0 Å². The van der Waals surface area contributed by atoms with Crippen molar-refractivity contribution in [2.45, 2.75) is 19.9 Å². The first kappa shape index (κ1) is 25.5. The molecule has 0 bridgehead atoms. The van der Waals surface area contributed by atoms with Crippen LogP contribution in [0, 0.1) is 0 Å². The van der Waals surface area contributed by atoms with Gasteiger partial charge >= 0.3 is 0 Å². The second-order valence-corrected chi connectivity index (χ2v) is 7.15. The van der Waals surface area contributed by atoms with Crippen LogP contribution in [0.1, 0.15) is 18.1 Å². The molecule has 0 fully saturated rings. The molecule has 0 saturated carbocycles. The fourth-order valence-electron chi connectivity index (χ4n) is 3.25. The molecule has 0 aliphatic heterocycles. The van der Waals surface area contributed by atoms with Gasteiger partial charge in [0.05, 0.1) is 26.5 Å². The average molecular weight is 549 g/mol. The number of hydrogen-bond acceptors (Lipinski definition) is 4. The number of aliphatic imine (C=N–C) groups is 1. The second kappa shape index (κ2) is 12.9. The van der Waals surface area contributed by atoms with Gasteiger partial charge in [0.1, 0.15) is 0 Å². The molecule has 1 heterocycles. The number of nitrogens with one attached hydrogen (secondary N) is 1. The molecule has 32 heavy (non-hydrogen) atoms. The third-order valence-electron chi connectivity index (χ3n) is 5.00. The maximum absolute atomic E-state index is 5.41. The van der Waals surface area contributed by atoms with Crippen LogP contribution in [0.25, 0.3) is 5.69 Å². The minimum atomic E-state index is 0. The quantitative estimate of drug-likeness (QED) is 0.247. The molecule has 8 heteroatoms. The van der Waals surface area contributed by atoms with Gasteiger partial charge in [0.2, 0.25) is 0 Å². The van der Waals surface area contributed by atoms with Crippen molar-refractivity contribution in [2.75, 3.05) is 34.4 Å². The third-order valence-corrected chi connectivity index (χ3v) is 5.00. The average Bonchev–Trinajstić information content (AvgIpc) is 3.35. The van der Waals surface area contributed by atoms with Gasteiger partial charge < -0.3 is 19.7 Å². The zero-order chi connectivity index (χ0) is 22.1. The number of rotatable bonds is 9. The number of halogens is 1. The molecule has 0 radical (unpaired) electrons. The maximum Gasteiger partial charge on any atom is 0.193 e. The predicted molar refractivity (Wildman–Crippen MR) is 140 cm³/mol. The van der Waals surface area contributed by atoms with E-state index in [4.69, 9.17) is 14.5 Å². The number of hydrogen-bond donors (Lipinski definition) is 1. The zero-order valence-electron chi connectivity index (χ0n) is 19.1. The highest BCUT2D eigenvalue weighted by molar-refractivity contribution is 14.0. The number of aromatic nitrogens is 2. The summed E-state index contributed by atoms with van der Waals surface area (Å²) < 4.78 is 12.6. The van der Waals surface area contributed by atoms with Gasteiger partial charge in [-0.25, -0.2) is 9.67 Å². The van der Waals surface area contributed by atoms with E-state index in [1.807, 2.05) is 29.1 Å². The molecule has 2 aromatic carbocycles. The van der Waals surface area contributed by atoms with Crippen molar-refractivity contribution in [1.82, 2.24) is 20.0 Å². The lowest BCUT2D eigenvalue weighted by Crippen LogP contribution is -2.39. The van der Waals surface area contributed by atoms with E-state index in [1.165, 1.54) is 5.56 Å². The Morgan fingerprint density at radius 2 is 1.78 bits per heavy atom. The Balaban J connectivity index is 0.00000363. The molecule has 3 aromatic rings. The summed E-state index contributed by atoms with van der Waals surface area (Å²) in [7, 11) is 5.36. The SMILES string of the molecule is CCNC(=NCc1ccc(-n2cccn2)cc1)N(C)CCc1ccc(OC)c(OC)c1.I. The Kier molecular flexibility index (Phi) is 10.3. The molecular formula is C24H32IN5O2. The van der Waals surface area contributed by atoms with Crippen molar-refractivity contribution in [1.29, 1.82) is 0 Å². The maximum atomic E-state index is 5.41. The van der Waals surface area contributed by atoms with Crippen LogP contribution in [-0.2, 0) is 13.0 Å². The van der Waals surface area contributed by atoms with Crippen molar-refractivity contribution in [2.24, 2.45) is 4.99 Å². The van der Waals surface area contributed by atoms with Crippen molar-refractivity contribution >= 4 is 29.9 Å². The smallest absolute Gasteiger partial charge is 0.193 e. The lowest BCUT2D eigenvalue weighted by atomic mass is 10.1. The largest absolute Gasteiger partial charge is 0.493 e. The summed E-state index contributed by atoms with van der Waals surface area (Å²) in [6.07, 6.45) is 4.59. The first-order chi connectivity index (χ1) is 15.1. The standard InChI is InChI=1S/C24H31N5O2.HI/c1-5-25-24(26-18-20-7-10-21(11-8-20)29-15-6-14-27-29)28(2)16-13-19-9-12-22(30-3)23(17-19)31-4;/h6-12,14-15,17H,5,13,16,18H2,1-4H3,(H,25,26);1H. The monoisotopic (exact) mass is 549 g/mol. The summed E-state index contributed by atoms with van der Waals surface area (Å²) in [5.41, 5.74) is 3.38. The summed E-state index contributed by atoms with van der Waals surface area (Å²) >= 11 is 0. The van der Waals surface area contributed by atoms with E-state index in [9.17, 15) is 0 Å². The lowest BCUT2D eigenvalue weighted by Gasteiger charge is -2.22. The number of nitrogens with zero attached hydrogens (tertiary/aromatic N) is 4. The van der Waals surface area contributed by atoms with Crippen molar-refractivity contribution in [3.8, 4) is 17.2 Å². The van der Waals surface area contributed by atoms with Gasteiger partial charge in [0, 0.05) is 32.5 Å². The molecule has 0 saturated heterocycles. The number of likely N-dealkylation sites (N-methyl/N-ethyl adjacent to an activating group) is 1. The summed E-state index contributed by atoms with van der Waals surface area (Å²) in [6, 6.07) is 16.3. The molecule has 0 aliphatic carbocycles. The van der Waals surface area contributed by atoms with Gasteiger partial charge in [-0.05, 0) is 54.8 Å². The third kappa shape index (κ3) is 6.88. The van der Waals surface area contributed by atoms with Crippen LogP contribution in [0.2, 0.25) is 0 Å². The highest BCUT2D eigenvalue weighted by Gasteiger charge is 2.09. The van der Waals surface area contributed by atoms with E-state index in [1.54, 1.807) is 20.4 Å². The van der Waals surface area contributed by atoms with Crippen LogP contribution in [0.4, 0.5) is 0 Å². The molecule has 0 aliphatic rings. The van der Waals surface area contributed by atoms with E-state index in [2.05, 4.69) is 59.6 Å². The summed E-state index contributed by atoms with van der Waals surface area (Å²) in [5, 5.41) is 7.64. The molecule has 1 aromatic heterocycles. The van der Waals surface area contributed by atoms with E-state index < -0.39 is 0 Å². The predicted octanol–water partition coefficient (Wildman–Crippen LogP) is 4.15. The van der Waals surface area contributed by atoms with Crippen LogP contribution in [0.5, 0.6) is 11.5 Å². The molecule has 7 nitrogen and oxygen atoms in total. The van der Waals surface area contributed by atoms with Crippen LogP contribution in [0.15, 0.2) is 65.9 Å². The minimum absolute atomic E-state index is 0. The zero-order valence-corrected chi connectivity index (χ0v) is 21.4. The molecule has 172 valence electrons. The van der Waals surface area contributed by atoms with Crippen LogP contribution in [0.3, 0.4) is 0 Å². The molecule has 0 spiro atoms. The first-order valence-electron chi connectivity index (χ1n) is 10.4. The second-order valence-electron chi connectivity index (χ2n) is 7.15. The molecule has 0 unspecified atom stereocenters. The van der Waals surface area contributed by atoms with Gasteiger partial charge in [-0.15, -0.1) is 24.0 Å². The molecular weight excluding hydrogens is 517 g/mol. The fraction of sp³-hybridized carbons (Fsp3) is 0.333. The van der Waals surface area contributed by atoms with Gasteiger partial charge in [0.15, 0.2) is 17.5 Å². The number of ether oxygens (including phenoxy) is 2. The van der Waals surface area contributed by atoms with E-state index >= 15 is 0 Å². The summed E-state index contributed by atoms with van der Waals surface area (Å²) in [6.45, 7) is 4.34. The van der Waals surface area contributed by atoms with E-state index in [-0.39, 0.29) is 24.0 Å². The van der Waals surface area contributed by atoms with Crippen LogP contribution < -0.4 is 14.8 Å². The molecule has 3 rings (SSSR count). The van der Waals surface area contributed by atoms with E-state index in [0.29, 0.717) is 6.54 Å². The highest BCUT2D eigenvalue weighted by Crippen LogP contribution is 2.27. The van der Waals surface area contributed by atoms with Crippen molar-refractivity contribution in [3.63, 3.8) is 0 Å². The summed E-state index contributed by atoms with van der Waals surface area (Å²) in [4.78, 5) is 6.96. The Bertz CT molecular complexity index is 975. The topological polar surface area (TPSA) is 63.9 Å². The Morgan fingerprint density at radius 1 is 1.06 bits per heavy atom. The van der Waals surface area contributed by atoms with Crippen molar-refractivity contribution < 1.29 is 9.47 Å². The highest BCUT2D eigenvalue weighted by atomic mass is 127. The van der Waals surface area contributed by atoms with Gasteiger partial charge in [-0.2, -0.15) is 5.10 Å². The molecule has 0 amide bonds. The normalized spacial score (nSPS) is 10.9. The lowest BCUT2D eigenvalue weighted by molar-refractivity contribution is 0.354.